The summed E-state index contributed by atoms with van der Waals surface area (Å²) in [5, 5.41) is 12.6. The summed E-state index contributed by atoms with van der Waals surface area (Å²) in [6.45, 7) is 5.49. The molecule has 0 unspecified atom stereocenters. The van der Waals surface area contributed by atoms with Gasteiger partial charge in [0.15, 0.2) is 0 Å². The average Bonchev–Trinajstić information content (AvgIpc) is 3.40. The number of ether oxygens (including phenoxy) is 1. The lowest BCUT2D eigenvalue weighted by atomic mass is 9.92. The molecule has 1 aliphatic heterocycles. The Hall–Kier alpha value is -2.81. The van der Waals surface area contributed by atoms with Crippen molar-refractivity contribution in [3.05, 3.63) is 41.5 Å². The molecule has 3 aliphatic rings. The Morgan fingerprint density at radius 1 is 1.21 bits per heavy atom. The average molecular weight is 450 g/mol. The number of nitrogens with zero attached hydrogens (tertiary/aromatic N) is 2. The lowest BCUT2D eigenvalue weighted by molar-refractivity contribution is -0.128. The van der Waals surface area contributed by atoms with Crippen LogP contribution in [0.1, 0.15) is 76.8 Å². The van der Waals surface area contributed by atoms with Crippen molar-refractivity contribution in [1.29, 1.82) is 5.26 Å². The summed E-state index contributed by atoms with van der Waals surface area (Å²) >= 11 is 0. The molecular formula is C27H35N3O3. The molecule has 33 heavy (non-hydrogen) atoms. The SMILES string of the molecule is CC(C)(C)OC(=O)N1[C@@H]2CC[C@@H](C2)[C@H]1C(=O)N[C@H](C#N)Cc1ccc(C2=CCCCC2)cc1. The molecule has 4 atom stereocenters. The van der Waals surface area contributed by atoms with Crippen LogP contribution >= 0.6 is 0 Å². The van der Waals surface area contributed by atoms with Crippen molar-refractivity contribution in [1.82, 2.24) is 10.2 Å². The first-order valence-electron chi connectivity index (χ1n) is 12.2. The molecule has 1 heterocycles. The van der Waals surface area contributed by atoms with E-state index >= 15 is 0 Å². The van der Waals surface area contributed by atoms with Gasteiger partial charge in [0.25, 0.3) is 0 Å². The Morgan fingerprint density at radius 3 is 2.61 bits per heavy atom. The Labute approximate surface area is 197 Å². The molecule has 1 aromatic rings. The van der Waals surface area contributed by atoms with E-state index < -0.39 is 23.8 Å². The minimum Gasteiger partial charge on any atom is -0.444 e. The van der Waals surface area contributed by atoms with Gasteiger partial charge in [0.1, 0.15) is 17.7 Å². The van der Waals surface area contributed by atoms with Gasteiger partial charge in [-0.3, -0.25) is 9.69 Å². The molecule has 0 aromatic heterocycles. The normalized spacial score (nSPS) is 25.2. The van der Waals surface area contributed by atoms with Crippen molar-refractivity contribution < 1.29 is 14.3 Å². The van der Waals surface area contributed by atoms with Crippen molar-refractivity contribution in [2.75, 3.05) is 0 Å². The van der Waals surface area contributed by atoms with E-state index in [1.165, 1.54) is 24.0 Å². The Kier molecular flexibility index (Phi) is 6.78. The molecule has 4 rings (SSSR count). The highest BCUT2D eigenvalue weighted by molar-refractivity contribution is 5.87. The number of likely N-dealkylation sites (tertiary alicyclic amines) is 1. The van der Waals surface area contributed by atoms with Gasteiger partial charge in [-0.1, -0.05) is 30.3 Å². The van der Waals surface area contributed by atoms with Gasteiger partial charge in [0.2, 0.25) is 5.91 Å². The second kappa shape index (κ2) is 9.59. The molecule has 1 aromatic carbocycles. The molecule has 6 heteroatoms. The number of carbonyl (C=O) groups is 2. The number of fused-ring (bicyclic) bond motifs is 2. The number of nitrogens with one attached hydrogen (secondary N) is 1. The van der Waals surface area contributed by atoms with Gasteiger partial charge in [-0.05, 0) is 88.3 Å². The van der Waals surface area contributed by atoms with E-state index in [-0.39, 0.29) is 17.9 Å². The van der Waals surface area contributed by atoms with E-state index in [1.54, 1.807) is 4.90 Å². The summed E-state index contributed by atoms with van der Waals surface area (Å²) in [5.41, 5.74) is 3.04. The Balaban J connectivity index is 1.40. The van der Waals surface area contributed by atoms with Crippen LogP contribution in [0, 0.1) is 17.2 Å². The van der Waals surface area contributed by atoms with Crippen molar-refractivity contribution in [2.45, 2.75) is 95.9 Å². The first-order chi connectivity index (χ1) is 15.7. The van der Waals surface area contributed by atoms with Crippen LogP contribution in [0.15, 0.2) is 30.3 Å². The van der Waals surface area contributed by atoms with Gasteiger partial charge in [-0.15, -0.1) is 0 Å². The molecule has 6 nitrogen and oxygen atoms in total. The monoisotopic (exact) mass is 449 g/mol. The second-order valence-electron chi connectivity index (χ2n) is 10.6. The molecular weight excluding hydrogens is 414 g/mol. The fraction of sp³-hybridized carbons (Fsp3) is 0.593. The molecule has 1 saturated heterocycles. The lowest BCUT2D eigenvalue weighted by Gasteiger charge is -2.35. The molecule has 1 N–H and O–H groups in total. The highest BCUT2D eigenvalue weighted by Gasteiger charge is 2.52. The van der Waals surface area contributed by atoms with Crippen LogP contribution < -0.4 is 5.32 Å². The molecule has 2 aliphatic carbocycles. The number of amides is 2. The molecule has 0 radical (unpaired) electrons. The van der Waals surface area contributed by atoms with Crippen LogP contribution in [0.25, 0.3) is 5.57 Å². The first kappa shape index (κ1) is 23.4. The van der Waals surface area contributed by atoms with Crippen LogP contribution in [-0.2, 0) is 16.0 Å². The third-order valence-corrected chi connectivity index (χ3v) is 6.99. The van der Waals surface area contributed by atoms with E-state index in [2.05, 4.69) is 29.6 Å². The lowest BCUT2D eigenvalue weighted by Crippen LogP contribution is -2.55. The van der Waals surface area contributed by atoms with Crippen molar-refractivity contribution in [3.8, 4) is 6.07 Å². The molecule has 2 fully saturated rings. The minimum atomic E-state index is -0.642. The molecule has 2 amide bonds. The zero-order valence-corrected chi connectivity index (χ0v) is 20.0. The largest absolute Gasteiger partial charge is 0.444 e. The van der Waals surface area contributed by atoms with E-state index in [0.717, 1.165) is 37.7 Å². The van der Waals surface area contributed by atoms with E-state index in [1.807, 2.05) is 32.9 Å². The van der Waals surface area contributed by atoms with E-state index in [4.69, 9.17) is 4.74 Å². The maximum atomic E-state index is 13.2. The number of benzene rings is 1. The summed E-state index contributed by atoms with van der Waals surface area (Å²) < 4.78 is 5.58. The van der Waals surface area contributed by atoms with Crippen LogP contribution in [0.5, 0.6) is 0 Å². The first-order valence-corrected chi connectivity index (χ1v) is 12.2. The smallest absolute Gasteiger partial charge is 0.411 e. The standard InChI is InChI=1S/C27H35N3O3/c1-27(2,3)33-26(32)30-23-14-13-21(16-23)24(30)25(31)29-22(17-28)15-18-9-11-20(12-10-18)19-7-5-4-6-8-19/h7,9-12,21-24H,4-6,8,13-16H2,1-3H3,(H,29,31)/t21-,22-,23+,24-/m0/s1. The summed E-state index contributed by atoms with van der Waals surface area (Å²) in [6.07, 6.45) is 9.74. The zero-order valence-electron chi connectivity index (χ0n) is 20.0. The fourth-order valence-electron chi connectivity index (χ4n) is 5.48. The molecule has 2 bridgehead atoms. The maximum absolute atomic E-state index is 13.2. The summed E-state index contributed by atoms with van der Waals surface area (Å²) in [5.74, 6) is -0.117. The molecule has 1 saturated carbocycles. The summed E-state index contributed by atoms with van der Waals surface area (Å²) in [7, 11) is 0. The van der Waals surface area contributed by atoms with Gasteiger partial charge in [-0.2, -0.15) is 5.26 Å². The Morgan fingerprint density at radius 2 is 1.97 bits per heavy atom. The third-order valence-electron chi connectivity index (χ3n) is 6.99. The summed E-state index contributed by atoms with van der Waals surface area (Å²) in [6, 6.07) is 9.40. The minimum absolute atomic E-state index is 0.0442. The van der Waals surface area contributed by atoms with Crippen LogP contribution in [0.2, 0.25) is 0 Å². The number of allylic oxidation sites excluding steroid dienone is 2. The third kappa shape index (κ3) is 5.40. The van der Waals surface area contributed by atoms with Crippen LogP contribution in [0.3, 0.4) is 0 Å². The summed E-state index contributed by atoms with van der Waals surface area (Å²) in [4.78, 5) is 27.7. The van der Waals surface area contributed by atoms with Crippen molar-refractivity contribution in [2.24, 2.45) is 5.92 Å². The van der Waals surface area contributed by atoms with Gasteiger partial charge in [0.05, 0.1) is 6.07 Å². The number of hydrogen-bond donors (Lipinski definition) is 1. The predicted molar refractivity (Wildman–Crippen MR) is 127 cm³/mol. The number of rotatable bonds is 5. The Bertz CT molecular complexity index is 954. The van der Waals surface area contributed by atoms with Crippen LogP contribution in [-0.4, -0.2) is 40.6 Å². The van der Waals surface area contributed by atoms with E-state index in [0.29, 0.717) is 6.42 Å². The second-order valence-corrected chi connectivity index (χ2v) is 10.6. The molecule has 176 valence electrons. The predicted octanol–water partition coefficient (Wildman–Crippen LogP) is 4.98. The van der Waals surface area contributed by atoms with Gasteiger partial charge in [0, 0.05) is 12.5 Å². The molecule has 0 spiro atoms. The van der Waals surface area contributed by atoms with Crippen LogP contribution in [0.4, 0.5) is 4.79 Å². The van der Waals surface area contributed by atoms with Gasteiger partial charge in [-0.25, -0.2) is 4.79 Å². The highest BCUT2D eigenvalue weighted by Crippen LogP contribution is 2.43. The number of carbonyl (C=O) groups excluding carboxylic acids is 2. The number of piperidine rings is 1. The van der Waals surface area contributed by atoms with Crippen molar-refractivity contribution in [3.63, 3.8) is 0 Å². The van der Waals surface area contributed by atoms with E-state index in [9.17, 15) is 14.9 Å². The number of nitriles is 1. The number of hydrogen-bond acceptors (Lipinski definition) is 4. The topological polar surface area (TPSA) is 82.4 Å². The fourth-order valence-corrected chi connectivity index (χ4v) is 5.48. The van der Waals surface area contributed by atoms with Crippen molar-refractivity contribution >= 4 is 17.6 Å². The quantitative estimate of drug-likeness (QED) is 0.687. The maximum Gasteiger partial charge on any atom is 0.411 e. The van der Waals surface area contributed by atoms with Gasteiger partial charge >= 0.3 is 6.09 Å². The van der Waals surface area contributed by atoms with Gasteiger partial charge < -0.3 is 10.1 Å². The highest BCUT2D eigenvalue weighted by atomic mass is 16.6. The zero-order chi connectivity index (χ0) is 23.6.